The van der Waals surface area contributed by atoms with E-state index in [0.717, 1.165) is 38.3 Å². The van der Waals surface area contributed by atoms with E-state index in [2.05, 4.69) is 18.7 Å². The zero-order valence-electron chi connectivity index (χ0n) is 11.6. The number of piperazine rings is 1. The summed E-state index contributed by atoms with van der Waals surface area (Å²) in [7, 11) is 0. The van der Waals surface area contributed by atoms with Crippen LogP contribution in [-0.4, -0.2) is 48.4 Å². The van der Waals surface area contributed by atoms with Gasteiger partial charge in [-0.15, -0.1) is 0 Å². The third-order valence-electron chi connectivity index (χ3n) is 3.37. The van der Waals surface area contributed by atoms with Crippen LogP contribution in [-0.2, 0) is 0 Å². The Morgan fingerprint density at radius 1 is 1.16 bits per heavy atom. The van der Waals surface area contributed by atoms with Crippen molar-refractivity contribution in [2.24, 2.45) is 5.92 Å². The highest BCUT2D eigenvalue weighted by Gasteiger charge is 2.22. The Labute approximate surface area is 120 Å². The number of carbonyl (C=O) groups is 1. The Morgan fingerprint density at radius 2 is 1.74 bits per heavy atom. The number of halogens is 1. The van der Waals surface area contributed by atoms with Crippen molar-refractivity contribution >= 4 is 17.5 Å². The van der Waals surface area contributed by atoms with Gasteiger partial charge in [0.15, 0.2) is 0 Å². The van der Waals surface area contributed by atoms with E-state index < -0.39 is 0 Å². The second kappa shape index (κ2) is 6.40. The van der Waals surface area contributed by atoms with Crippen LogP contribution in [0.3, 0.4) is 0 Å². The van der Waals surface area contributed by atoms with E-state index in [1.54, 1.807) is 24.3 Å². The molecule has 104 valence electrons. The van der Waals surface area contributed by atoms with Crippen LogP contribution in [0.1, 0.15) is 24.2 Å². The van der Waals surface area contributed by atoms with Crippen LogP contribution in [0.2, 0.25) is 5.02 Å². The zero-order valence-corrected chi connectivity index (χ0v) is 12.4. The number of hydrogen-bond acceptors (Lipinski definition) is 2. The van der Waals surface area contributed by atoms with Crippen molar-refractivity contribution in [2.45, 2.75) is 13.8 Å². The molecule has 0 N–H and O–H groups in total. The Kier molecular flexibility index (Phi) is 4.83. The maximum Gasteiger partial charge on any atom is 0.253 e. The van der Waals surface area contributed by atoms with Crippen molar-refractivity contribution in [3.63, 3.8) is 0 Å². The van der Waals surface area contributed by atoms with E-state index in [4.69, 9.17) is 11.6 Å². The highest BCUT2D eigenvalue weighted by Crippen LogP contribution is 2.13. The van der Waals surface area contributed by atoms with E-state index in [0.29, 0.717) is 10.9 Å². The van der Waals surface area contributed by atoms with Gasteiger partial charge in [0, 0.05) is 43.3 Å². The normalized spacial score (nSPS) is 16.9. The first kappa shape index (κ1) is 14.4. The SMILES string of the molecule is CC(C)CN1CCN(C(=O)c2ccc(Cl)cc2)CC1. The molecule has 0 spiro atoms. The Bertz CT molecular complexity index is 422. The summed E-state index contributed by atoms with van der Waals surface area (Å²) in [6, 6.07) is 7.13. The lowest BCUT2D eigenvalue weighted by Gasteiger charge is -2.35. The molecule has 1 saturated heterocycles. The molecule has 4 heteroatoms. The number of nitrogens with zero attached hydrogens (tertiary/aromatic N) is 2. The zero-order chi connectivity index (χ0) is 13.8. The van der Waals surface area contributed by atoms with Crippen LogP contribution in [0.5, 0.6) is 0 Å². The third kappa shape index (κ3) is 3.95. The molecule has 1 aromatic carbocycles. The minimum atomic E-state index is 0.112. The second-order valence-electron chi connectivity index (χ2n) is 5.49. The predicted octanol–water partition coefficient (Wildman–Crippen LogP) is 2.75. The van der Waals surface area contributed by atoms with Gasteiger partial charge in [0.2, 0.25) is 0 Å². The van der Waals surface area contributed by atoms with Crippen LogP contribution < -0.4 is 0 Å². The molecule has 2 rings (SSSR count). The summed E-state index contributed by atoms with van der Waals surface area (Å²) in [4.78, 5) is 16.7. The maximum atomic E-state index is 12.3. The van der Waals surface area contributed by atoms with E-state index in [1.165, 1.54) is 0 Å². The number of rotatable bonds is 3. The van der Waals surface area contributed by atoms with Crippen LogP contribution in [0.25, 0.3) is 0 Å². The summed E-state index contributed by atoms with van der Waals surface area (Å²) in [5, 5.41) is 0.665. The molecule has 0 bridgehead atoms. The smallest absolute Gasteiger partial charge is 0.253 e. The van der Waals surface area contributed by atoms with Gasteiger partial charge in [-0.2, -0.15) is 0 Å². The van der Waals surface area contributed by atoms with Crippen LogP contribution in [0.15, 0.2) is 24.3 Å². The molecule has 3 nitrogen and oxygen atoms in total. The average Bonchev–Trinajstić information content (AvgIpc) is 2.39. The highest BCUT2D eigenvalue weighted by molar-refractivity contribution is 6.30. The van der Waals surface area contributed by atoms with Crippen molar-refractivity contribution in [1.29, 1.82) is 0 Å². The van der Waals surface area contributed by atoms with Gasteiger partial charge >= 0.3 is 0 Å². The largest absolute Gasteiger partial charge is 0.336 e. The average molecular weight is 281 g/mol. The summed E-state index contributed by atoms with van der Waals surface area (Å²) < 4.78 is 0. The lowest BCUT2D eigenvalue weighted by atomic mass is 10.1. The topological polar surface area (TPSA) is 23.6 Å². The summed E-state index contributed by atoms with van der Waals surface area (Å²) >= 11 is 5.84. The number of hydrogen-bond donors (Lipinski definition) is 0. The second-order valence-corrected chi connectivity index (χ2v) is 5.93. The fraction of sp³-hybridized carbons (Fsp3) is 0.533. The molecule has 0 aliphatic carbocycles. The molecule has 0 aromatic heterocycles. The summed E-state index contributed by atoms with van der Waals surface area (Å²) in [6.45, 7) is 9.14. The molecule has 1 heterocycles. The van der Waals surface area contributed by atoms with Crippen LogP contribution >= 0.6 is 11.6 Å². The van der Waals surface area contributed by atoms with Crippen molar-refractivity contribution in [2.75, 3.05) is 32.7 Å². The number of benzene rings is 1. The fourth-order valence-corrected chi connectivity index (χ4v) is 2.55. The van der Waals surface area contributed by atoms with E-state index in [9.17, 15) is 4.79 Å². The highest BCUT2D eigenvalue weighted by atomic mass is 35.5. The fourth-order valence-electron chi connectivity index (χ4n) is 2.42. The van der Waals surface area contributed by atoms with E-state index in [-0.39, 0.29) is 5.91 Å². The van der Waals surface area contributed by atoms with E-state index >= 15 is 0 Å². The molecule has 0 atom stereocenters. The number of carbonyl (C=O) groups excluding carboxylic acids is 1. The van der Waals surface area contributed by atoms with Crippen molar-refractivity contribution in [3.8, 4) is 0 Å². The van der Waals surface area contributed by atoms with Gasteiger partial charge in [0.25, 0.3) is 5.91 Å². The Morgan fingerprint density at radius 3 is 2.26 bits per heavy atom. The molecule has 1 amide bonds. The standard InChI is InChI=1S/C15H21ClN2O/c1-12(2)11-17-7-9-18(10-8-17)15(19)13-3-5-14(16)6-4-13/h3-6,12H,7-11H2,1-2H3. The molecule has 1 aliphatic rings. The molecule has 0 saturated carbocycles. The van der Waals surface area contributed by atoms with Crippen molar-refractivity contribution in [1.82, 2.24) is 9.80 Å². The lowest BCUT2D eigenvalue weighted by Crippen LogP contribution is -2.49. The minimum absolute atomic E-state index is 0.112. The molecule has 1 aliphatic heterocycles. The summed E-state index contributed by atoms with van der Waals surface area (Å²) in [6.07, 6.45) is 0. The maximum absolute atomic E-state index is 12.3. The van der Waals surface area contributed by atoms with Gasteiger partial charge in [0.05, 0.1) is 0 Å². The monoisotopic (exact) mass is 280 g/mol. The molecule has 0 unspecified atom stereocenters. The molecular weight excluding hydrogens is 260 g/mol. The lowest BCUT2D eigenvalue weighted by molar-refractivity contribution is 0.0624. The van der Waals surface area contributed by atoms with Gasteiger partial charge in [-0.05, 0) is 30.2 Å². The van der Waals surface area contributed by atoms with Gasteiger partial charge in [-0.3, -0.25) is 9.69 Å². The quantitative estimate of drug-likeness (QED) is 0.850. The minimum Gasteiger partial charge on any atom is -0.336 e. The van der Waals surface area contributed by atoms with Crippen molar-refractivity contribution in [3.05, 3.63) is 34.9 Å². The first-order valence-corrected chi connectivity index (χ1v) is 7.21. The van der Waals surface area contributed by atoms with Gasteiger partial charge in [-0.1, -0.05) is 25.4 Å². The van der Waals surface area contributed by atoms with Gasteiger partial charge in [-0.25, -0.2) is 0 Å². The summed E-state index contributed by atoms with van der Waals surface area (Å²) in [5.41, 5.74) is 0.724. The first-order valence-electron chi connectivity index (χ1n) is 6.83. The number of amides is 1. The van der Waals surface area contributed by atoms with E-state index in [1.807, 2.05) is 4.90 Å². The molecule has 1 aromatic rings. The predicted molar refractivity (Wildman–Crippen MR) is 78.6 cm³/mol. The molecular formula is C15H21ClN2O. The third-order valence-corrected chi connectivity index (χ3v) is 3.63. The molecule has 19 heavy (non-hydrogen) atoms. The molecule has 1 fully saturated rings. The van der Waals surface area contributed by atoms with Gasteiger partial charge < -0.3 is 4.90 Å². The van der Waals surface area contributed by atoms with Crippen molar-refractivity contribution < 1.29 is 4.79 Å². The van der Waals surface area contributed by atoms with Crippen LogP contribution in [0, 0.1) is 5.92 Å². The van der Waals surface area contributed by atoms with Crippen LogP contribution in [0.4, 0.5) is 0 Å². The first-order chi connectivity index (χ1) is 9.06. The Hall–Kier alpha value is -1.06. The Balaban J connectivity index is 1.90. The summed E-state index contributed by atoms with van der Waals surface area (Å²) in [5.74, 6) is 0.791. The van der Waals surface area contributed by atoms with Gasteiger partial charge in [0.1, 0.15) is 0 Å². The molecule has 0 radical (unpaired) electrons.